The quantitative estimate of drug-likeness (QED) is 0.932. The van der Waals surface area contributed by atoms with Crippen LogP contribution in [0.25, 0.3) is 0 Å². The molecule has 0 saturated carbocycles. The molecule has 0 fully saturated rings. The first-order chi connectivity index (χ1) is 9.36. The Bertz CT molecular complexity index is 606. The molecule has 1 amide bonds. The Morgan fingerprint density at radius 1 is 0.900 bits per heavy atom. The first-order valence-electron chi connectivity index (χ1n) is 5.61. The Kier molecular flexibility index (Phi) is 4.04. The van der Waals surface area contributed by atoms with Crippen molar-refractivity contribution in [3.8, 4) is 0 Å². The second-order valence-corrected chi connectivity index (χ2v) is 5.16. The van der Waals surface area contributed by atoms with E-state index in [9.17, 15) is 18.0 Å². The van der Waals surface area contributed by atoms with Crippen molar-refractivity contribution >= 4 is 17.7 Å². The zero-order valence-electron chi connectivity index (χ0n) is 10.1. The second-order valence-electron chi connectivity index (χ2n) is 4.01. The third-order valence-corrected chi connectivity index (χ3v) is 3.57. The summed E-state index contributed by atoms with van der Waals surface area (Å²) in [7, 11) is 0. The average molecular weight is 297 g/mol. The fourth-order valence-corrected chi connectivity index (χ4v) is 2.35. The van der Waals surface area contributed by atoms with E-state index in [-0.39, 0.29) is 0 Å². The molecule has 6 heteroatoms. The number of hydrogen-bond donors (Lipinski definition) is 1. The number of alkyl halides is 3. The van der Waals surface area contributed by atoms with E-state index in [2.05, 4.69) is 0 Å². The number of primary amides is 1. The molecular formula is C14H10F3NOS. The summed E-state index contributed by atoms with van der Waals surface area (Å²) in [6, 6.07) is 11.5. The predicted octanol–water partition coefficient (Wildman–Crippen LogP) is 3.96. The lowest BCUT2D eigenvalue weighted by atomic mass is 10.2. The molecule has 0 aromatic heterocycles. The number of hydrogen-bond acceptors (Lipinski definition) is 2. The van der Waals surface area contributed by atoms with E-state index in [4.69, 9.17) is 5.73 Å². The van der Waals surface area contributed by atoms with Gasteiger partial charge < -0.3 is 5.73 Å². The molecule has 0 atom stereocenters. The van der Waals surface area contributed by atoms with Crippen LogP contribution in [-0.2, 0) is 6.18 Å². The number of carbonyl (C=O) groups is 1. The van der Waals surface area contributed by atoms with E-state index in [0.29, 0.717) is 10.5 Å². The van der Waals surface area contributed by atoms with Crippen LogP contribution < -0.4 is 5.73 Å². The molecule has 0 unspecified atom stereocenters. The Morgan fingerprint density at radius 2 is 1.35 bits per heavy atom. The van der Waals surface area contributed by atoms with Crippen LogP contribution in [0.4, 0.5) is 13.2 Å². The smallest absolute Gasteiger partial charge is 0.366 e. The Labute approximate surface area is 117 Å². The lowest BCUT2D eigenvalue weighted by molar-refractivity contribution is -0.137. The normalized spacial score (nSPS) is 11.3. The molecule has 0 bridgehead atoms. The largest absolute Gasteiger partial charge is 0.416 e. The van der Waals surface area contributed by atoms with Gasteiger partial charge in [-0.05, 0) is 48.5 Å². The molecule has 20 heavy (non-hydrogen) atoms. The van der Waals surface area contributed by atoms with Crippen LogP contribution in [0.5, 0.6) is 0 Å². The predicted molar refractivity (Wildman–Crippen MR) is 70.5 cm³/mol. The van der Waals surface area contributed by atoms with Gasteiger partial charge in [0.05, 0.1) is 5.56 Å². The number of benzene rings is 2. The molecule has 0 radical (unpaired) electrons. The summed E-state index contributed by atoms with van der Waals surface area (Å²) in [6.07, 6.45) is -4.33. The molecule has 0 spiro atoms. The van der Waals surface area contributed by atoms with E-state index in [1.165, 1.54) is 23.9 Å². The molecule has 0 aliphatic heterocycles. The summed E-state index contributed by atoms with van der Waals surface area (Å²) in [5.41, 5.74) is 4.84. The molecular weight excluding hydrogens is 287 g/mol. The lowest BCUT2D eigenvalue weighted by Gasteiger charge is -2.07. The first-order valence-corrected chi connectivity index (χ1v) is 6.43. The van der Waals surface area contributed by atoms with Gasteiger partial charge in [0.1, 0.15) is 0 Å². The minimum Gasteiger partial charge on any atom is -0.366 e. The van der Waals surface area contributed by atoms with Crippen molar-refractivity contribution in [1.29, 1.82) is 0 Å². The van der Waals surface area contributed by atoms with E-state index >= 15 is 0 Å². The zero-order chi connectivity index (χ0) is 14.8. The number of amides is 1. The fourth-order valence-electron chi connectivity index (χ4n) is 1.54. The molecule has 0 aliphatic carbocycles. The van der Waals surface area contributed by atoms with Crippen molar-refractivity contribution in [3.05, 3.63) is 59.7 Å². The summed E-state index contributed by atoms with van der Waals surface area (Å²) < 4.78 is 37.2. The molecule has 104 valence electrons. The van der Waals surface area contributed by atoms with Crippen molar-refractivity contribution in [3.63, 3.8) is 0 Å². The van der Waals surface area contributed by atoms with Crippen molar-refractivity contribution in [1.82, 2.24) is 0 Å². The standard InChI is InChI=1S/C14H10F3NOS/c15-14(16,17)10-3-7-12(8-4-10)20-11-5-1-9(2-6-11)13(18)19/h1-8H,(H2,18,19). The van der Waals surface area contributed by atoms with E-state index in [0.717, 1.165) is 17.0 Å². The first kappa shape index (κ1) is 14.5. The highest BCUT2D eigenvalue weighted by Gasteiger charge is 2.29. The molecule has 2 nitrogen and oxygen atoms in total. The van der Waals surface area contributed by atoms with Gasteiger partial charge in [-0.2, -0.15) is 13.2 Å². The molecule has 2 aromatic carbocycles. The molecule has 2 aromatic rings. The molecule has 0 saturated heterocycles. The van der Waals surface area contributed by atoms with Gasteiger partial charge in [-0.15, -0.1) is 0 Å². The fraction of sp³-hybridized carbons (Fsp3) is 0.0714. The van der Waals surface area contributed by atoms with Crippen molar-refractivity contribution in [2.75, 3.05) is 0 Å². The number of halogens is 3. The maximum absolute atomic E-state index is 12.4. The van der Waals surface area contributed by atoms with Crippen LogP contribution in [-0.4, -0.2) is 5.91 Å². The third kappa shape index (κ3) is 3.54. The highest BCUT2D eigenvalue weighted by molar-refractivity contribution is 7.99. The van der Waals surface area contributed by atoms with Crippen LogP contribution in [0.15, 0.2) is 58.3 Å². The second kappa shape index (κ2) is 5.58. The summed E-state index contributed by atoms with van der Waals surface area (Å²) >= 11 is 1.31. The number of rotatable bonds is 3. The van der Waals surface area contributed by atoms with Crippen LogP contribution in [0.2, 0.25) is 0 Å². The summed E-state index contributed by atoms with van der Waals surface area (Å²) in [6.45, 7) is 0. The Hall–Kier alpha value is -1.95. The van der Waals surface area contributed by atoms with Crippen LogP contribution in [0, 0.1) is 0 Å². The SMILES string of the molecule is NC(=O)c1ccc(Sc2ccc(C(F)(F)F)cc2)cc1. The van der Waals surface area contributed by atoms with Gasteiger partial charge in [0.15, 0.2) is 0 Å². The van der Waals surface area contributed by atoms with Gasteiger partial charge in [-0.25, -0.2) is 0 Å². The number of nitrogens with two attached hydrogens (primary N) is 1. The highest BCUT2D eigenvalue weighted by Crippen LogP contribution is 2.33. The van der Waals surface area contributed by atoms with Crippen LogP contribution in [0.3, 0.4) is 0 Å². The Balaban J connectivity index is 2.12. The molecule has 0 heterocycles. The van der Waals surface area contributed by atoms with Gasteiger partial charge in [-0.1, -0.05) is 11.8 Å². The third-order valence-electron chi connectivity index (χ3n) is 2.56. The van der Waals surface area contributed by atoms with Gasteiger partial charge in [0.25, 0.3) is 0 Å². The van der Waals surface area contributed by atoms with Gasteiger partial charge in [-0.3, -0.25) is 4.79 Å². The average Bonchev–Trinajstić information content (AvgIpc) is 2.39. The highest BCUT2D eigenvalue weighted by atomic mass is 32.2. The topological polar surface area (TPSA) is 43.1 Å². The van der Waals surface area contributed by atoms with Crippen LogP contribution >= 0.6 is 11.8 Å². The Morgan fingerprint density at radius 3 is 1.75 bits per heavy atom. The van der Waals surface area contributed by atoms with E-state index < -0.39 is 17.6 Å². The van der Waals surface area contributed by atoms with Crippen LogP contribution in [0.1, 0.15) is 15.9 Å². The summed E-state index contributed by atoms with van der Waals surface area (Å²) in [4.78, 5) is 12.4. The minimum atomic E-state index is -4.33. The molecule has 0 aliphatic rings. The van der Waals surface area contributed by atoms with Crippen molar-refractivity contribution in [2.24, 2.45) is 5.73 Å². The van der Waals surface area contributed by atoms with E-state index in [1.807, 2.05) is 0 Å². The minimum absolute atomic E-state index is 0.391. The number of carbonyl (C=O) groups excluding carboxylic acids is 1. The van der Waals surface area contributed by atoms with E-state index in [1.54, 1.807) is 24.3 Å². The summed E-state index contributed by atoms with van der Waals surface area (Å²) in [5, 5.41) is 0. The van der Waals surface area contributed by atoms with Crippen molar-refractivity contribution < 1.29 is 18.0 Å². The van der Waals surface area contributed by atoms with Gasteiger partial charge >= 0.3 is 6.18 Å². The van der Waals surface area contributed by atoms with Gasteiger partial charge in [0.2, 0.25) is 5.91 Å². The maximum Gasteiger partial charge on any atom is 0.416 e. The van der Waals surface area contributed by atoms with Gasteiger partial charge in [0, 0.05) is 15.4 Å². The maximum atomic E-state index is 12.4. The summed E-state index contributed by atoms with van der Waals surface area (Å²) in [5.74, 6) is -0.518. The molecule has 2 rings (SSSR count). The van der Waals surface area contributed by atoms with Crippen molar-refractivity contribution in [2.45, 2.75) is 16.0 Å². The lowest BCUT2D eigenvalue weighted by Crippen LogP contribution is -2.10. The monoisotopic (exact) mass is 297 g/mol. The zero-order valence-corrected chi connectivity index (χ0v) is 11.0. The molecule has 2 N–H and O–H groups in total.